The highest BCUT2D eigenvalue weighted by atomic mass is 16.3. The largest absolute Gasteiger partial charge is 0.394 e. The summed E-state index contributed by atoms with van der Waals surface area (Å²) in [5, 5.41) is 22.9. The number of aliphatic hydroxyl groups excluding tert-OH is 2. The molecule has 4 nitrogen and oxygen atoms in total. The zero-order chi connectivity index (χ0) is 35.0. The van der Waals surface area contributed by atoms with Gasteiger partial charge in [0, 0.05) is 6.42 Å². The first kappa shape index (κ1) is 46.6. The Morgan fingerprint density at radius 3 is 1.21 bits per heavy atom. The molecule has 0 rings (SSSR count). The van der Waals surface area contributed by atoms with E-state index < -0.39 is 12.1 Å². The average Bonchev–Trinajstić information content (AvgIpc) is 3.09. The Balaban J connectivity index is 3.58. The van der Waals surface area contributed by atoms with Crippen LogP contribution in [0.3, 0.4) is 0 Å². The minimum Gasteiger partial charge on any atom is -0.394 e. The molecule has 0 saturated carbocycles. The second-order valence-electron chi connectivity index (χ2n) is 14.4. The van der Waals surface area contributed by atoms with E-state index in [4.69, 9.17) is 0 Å². The lowest BCUT2D eigenvalue weighted by Crippen LogP contribution is -2.45. The summed E-state index contributed by atoms with van der Waals surface area (Å²) in [4.78, 5) is 12.3. The summed E-state index contributed by atoms with van der Waals surface area (Å²) < 4.78 is 0. The lowest BCUT2D eigenvalue weighted by molar-refractivity contribution is -0.123. The number of hydrogen-bond donors (Lipinski definition) is 3. The van der Waals surface area contributed by atoms with E-state index in [0.29, 0.717) is 6.42 Å². The van der Waals surface area contributed by atoms with Crippen molar-refractivity contribution in [3.63, 3.8) is 0 Å². The second kappa shape index (κ2) is 40.0. The standard InChI is InChI=1S/C44H83NO3/c1-3-5-7-9-11-13-15-17-18-19-20-21-22-23-24-25-26-28-30-32-34-36-38-40-44(48)45-42(41-46)43(47)39-37-35-33-31-29-27-16-14-12-10-8-6-4-2/h23-24,29,31,37,39,42-43,46-47H,3-22,25-28,30,32-36,38,40-41H2,1-2H3,(H,45,48)/b24-23-,31-29+,39-37+. The van der Waals surface area contributed by atoms with E-state index in [0.717, 1.165) is 32.1 Å². The van der Waals surface area contributed by atoms with Gasteiger partial charge in [0.2, 0.25) is 5.91 Å². The third-order valence-corrected chi connectivity index (χ3v) is 9.60. The van der Waals surface area contributed by atoms with Crippen LogP contribution in [0.25, 0.3) is 0 Å². The first-order valence-corrected chi connectivity index (χ1v) is 21.2. The Hall–Kier alpha value is -1.39. The van der Waals surface area contributed by atoms with Crippen LogP contribution < -0.4 is 5.32 Å². The number of hydrogen-bond acceptors (Lipinski definition) is 3. The first-order valence-electron chi connectivity index (χ1n) is 21.2. The second-order valence-corrected chi connectivity index (χ2v) is 14.4. The van der Waals surface area contributed by atoms with Crippen molar-refractivity contribution in [3.8, 4) is 0 Å². The van der Waals surface area contributed by atoms with E-state index in [9.17, 15) is 15.0 Å². The Labute approximate surface area is 300 Å². The van der Waals surface area contributed by atoms with Gasteiger partial charge in [0.1, 0.15) is 0 Å². The van der Waals surface area contributed by atoms with Gasteiger partial charge in [-0.05, 0) is 57.8 Å². The third kappa shape index (κ3) is 35.9. The van der Waals surface area contributed by atoms with Crippen LogP contribution in [0.4, 0.5) is 0 Å². The molecule has 0 aliphatic carbocycles. The number of unbranched alkanes of at least 4 members (excludes halogenated alkanes) is 27. The summed E-state index contributed by atoms with van der Waals surface area (Å²) in [6, 6.07) is -0.639. The molecule has 0 aliphatic heterocycles. The third-order valence-electron chi connectivity index (χ3n) is 9.60. The Morgan fingerprint density at radius 2 is 0.812 bits per heavy atom. The van der Waals surface area contributed by atoms with Crippen LogP contribution >= 0.6 is 0 Å². The first-order chi connectivity index (χ1) is 23.7. The molecule has 1 amide bonds. The molecule has 4 heteroatoms. The number of allylic oxidation sites excluding steroid dienone is 5. The molecule has 0 heterocycles. The van der Waals surface area contributed by atoms with Gasteiger partial charge in [-0.25, -0.2) is 0 Å². The quantitative estimate of drug-likeness (QED) is 0.0451. The fraction of sp³-hybridized carbons (Fsp3) is 0.841. The van der Waals surface area contributed by atoms with Crippen molar-refractivity contribution < 1.29 is 15.0 Å². The van der Waals surface area contributed by atoms with Gasteiger partial charge in [-0.3, -0.25) is 4.79 Å². The van der Waals surface area contributed by atoms with E-state index in [1.807, 2.05) is 6.08 Å². The van der Waals surface area contributed by atoms with Gasteiger partial charge < -0.3 is 15.5 Å². The molecule has 0 bridgehead atoms. The van der Waals surface area contributed by atoms with E-state index in [1.54, 1.807) is 6.08 Å². The summed E-state index contributed by atoms with van der Waals surface area (Å²) in [7, 11) is 0. The van der Waals surface area contributed by atoms with E-state index in [1.165, 1.54) is 167 Å². The predicted molar refractivity (Wildman–Crippen MR) is 212 cm³/mol. The van der Waals surface area contributed by atoms with Crippen LogP contribution in [-0.2, 0) is 4.79 Å². The molecule has 0 aromatic rings. The zero-order valence-electron chi connectivity index (χ0n) is 32.3. The van der Waals surface area contributed by atoms with Gasteiger partial charge >= 0.3 is 0 Å². The molecule has 0 fully saturated rings. The van der Waals surface area contributed by atoms with Crippen molar-refractivity contribution in [2.24, 2.45) is 0 Å². The number of nitrogens with one attached hydrogen (secondary N) is 1. The Morgan fingerprint density at radius 1 is 0.479 bits per heavy atom. The van der Waals surface area contributed by atoms with E-state index in [2.05, 4.69) is 43.5 Å². The van der Waals surface area contributed by atoms with E-state index >= 15 is 0 Å². The van der Waals surface area contributed by atoms with Gasteiger partial charge in [0.15, 0.2) is 0 Å². The summed E-state index contributed by atoms with van der Waals surface area (Å²) in [6.07, 6.45) is 52.5. The zero-order valence-corrected chi connectivity index (χ0v) is 32.3. The fourth-order valence-corrected chi connectivity index (χ4v) is 6.31. The highest BCUT2D eigenvalue weighted by Crippen LogP contribution is 2.14. The molecule has 2 unspecified atom stereocenters. The number of carbonyl (C=O) groups is 1. The summed E-state index contributed by atoms with van der Waals surface area (Å²) >= 11 is 0. The molecule has 0 aliphatic rings. The SMILES string of the molecule is CCCCCCCCC/C=C/CC/C=C/C(O)C(CO)NC(=O)CCCCCCCCC/C=C\CCCCCCCCCCCCCC. The smallest absolute Gasteiger partial charge is 0.220 e. The van der Waals surface area contributed by atoms with Gasteiger partial charge in [-0.15, -0.1) is 0 Å². The van der Waals surface area contributed by atoms with E-state index in [-0.39, 0.29) is 12.5 Å². The molecule has 282 valence electrons. The van der Waals surface area contributed by atoms with Crippen LogP contribution in [-0.4, -0.2) is 34.9 Å². The van der Waals surface area contributed by atoms with Crippen molar-refractivity contribution in [1.82, 2.24) is 5.32 Å². The number of aliphatic hydroxyl groups is 2. The lowest BCUT2D eigenvalue weighted by atomic mass is 10.0. The average molecular weight is 674 g/mol. The monoisotopic (exact) mass is 674 g/mol. The fourth-order valence-electron chi connectivity index (χ4n) is 6.31. The number of carbonyl (C=O) groups excluding carboxylic acids is 1. The maximum Gasteiger partial charge on any atom is 0.220 e. The topological polar surface area (TPSA) is 69.6 Å². The maximum atomic E-state index is 12.3. The van der Waals surface area contributed by atoms with Crippen LogP contribution in [0.15, 0.2) is 36.5 Å². The Kier molecular flexibility index (Phi) is 38.9. The van der Waals surface area contributed by atoms with Gasteiger partial charge in [-0.1, -0.05) is 192 Å². The van der Waals surface area contributed by atoms with Gasteiger partial charge in [-0.2, -0.15) is 0 Å². The molecule has 0 aromatic heterocycles. The van der Waals surface area contributed by atoms with Gasteiger partial charge in [0.25, 0.3) is 0 Å². The molecular formula is C44H83NO3. The van der Waals surface area contributed by atoms with Crippen molar-refractivity contribution in [2.45, 2.75) is 231 Å². The maximum absolute atomic E-state index is 12.3. The molecule has 0 saturated heterocycles. The lowest BCUT2D eigenvalue weighted by Gasteiger charge is -2.19. The molecular weight excluding hydrogens is 590 g/mol. The molecule has 0 radical (unpaired) electrons. The molecule has 0 aromatic carbocycles. The van der Waals surface area contributed by atoms with Crippen molar-refractivity contribution in [3.05, 3.63) is 36.5 Å². The number of rotatable bonds is 38. The van der Waals surface area contributed by atoms with Crippen LogP contribution in [0.5, 0.6) is 0 Å². The minimum absolute atomic E-state index is 0.0786. The highest BCUT2D eigenvalue weighted by Gasteiger charge is 2.17. The molecule has 48 heavy (non-hydrogen) atoms. The van der Waals surface area contributed by atoms with Gasteiger partial charge in [0.05, 0.1) is 18.8 Å². The highest BCUT2D eigenvalue weighted by molar-refractivity contribution is 5.76. The molecule has 0 spiro atoms. The molecule has 2 atom stereocenters. The van der Waals surface area contributed by atoms with Crippen LogP contribution in [0.2, 0.25) is 0 Å². The summed E-state index contributed by atoms with van der Waals surface area (Å²) in [5.74, 6) is -0.0786. The van der Waals surface area contributed by atoms with Crippen molar-refractivity contribution in [2.75, 3.05) is 6.61 Å². The predicted octanol–water partition coefficient (Wildman–Crippen LogP) is 13.0. The van der Waals surface area contributed by atoms with Crippen molar-refractivity contribution >= 4 is 5.91 Å². The Bertz CT molecular complexity index is 731. The van der Waals surface area contributed by atoms with Crippen LogP contribution in [0, 0.1) is 0 Å². The van der Waals surface area contributed by atoms with Crippen molar-refractivity contribution in [1.29, 1.82) is 0 Å². The summed E-state index contributed by atoms with van der Waals surface area (Å²) in [6.45, 7) is 4.29. The number of amides is 1. The minimum atomic E-state index is -0.861. The summed E-state index contributed by atoms with van der Waals surface area (Å²) in [5.41, 5.74) is 0. The van der Waals surface area contributed by atoms with Crippen LogP contribution in [0.1, 0.15) is 219 Å². The normalized spacial score (nSPS) is 13.3. The molecule has 3 N–H and O–H groups in total.